The fourth-order valence-corrected chi connectivity index (χ4v) is 6.55. The smallest absolute Gasteiger partial charge is 0.410 e. The minimum Gasteiger partial charge on any atom is -0.457 e. The molecule has 1 aromatic heterocycles. The van der Waals surface area contributed by atoms with Gasteiger partial charge in [0.1, 0.15) is 11.7 Å². The third kappa shape index (κ3) is 10.8. The Kier molecular flexibility index (Phi) is 13.2. The van der Waals surface area contributed by atoms with Crippen LogP contribution in [0, 0.1) is 5.92 Å². The zero-order valence-corrected chi connectivity index (χ0v) is 27.4. The number of hydrogen-bond donors (Lipinski definition) is 2. The number of esters is 1. The van der Waals surface area contributed by atoms with Crippen molar-refractivity contribution in [3.8, 4) is 0 Å². The fraction of sp³-hybridized carbons (Fsp3) is 0.639. The molecule has 248 valence electrons. The van der Waals surface area contributed by atoms with Gasteiger partial charge in [-0.2, -0.15) is 0 Å². The third-order valence-corrected chi connectivity index (χ3v) is 9.46. The van der Waals surface area contributed by atoms with Crippen LogP contribution in [0.5, 0.6) is 0 Å². The van der Waals surface area contributed by atoms with Crippen LogP contribution in [0.3, 0.4) is 0 Å². The number of cyclic esters (lactones) is 1. The van der Waals surface area contributed by atoms with Gasteiger partial charge in [-0.15, -0.1) is 0 Å². The van der Waals surface area contributed by atoms with Crippen molar-refractivity contribution in [1.82, 2.24) is 14.8 Å². The third-order valence-electron chi connectivity index (χ3n) is 9.46. The monoisotopic (exact) mass is 623 g/mol. The summed E-state index contributed by atoms with van der Waals surface area (Å²) in [6.45, 7) is 8.29. The Morgan fingerprint density at radius 1 is 1.11 bits per heavy atom. The molecule has 1 aliphatic carbocycles. The van der Waals surface area contributed by atoms with E-state index in [9.17, 15) is 19.8 Å². The number of rotatable bonds is 6. The fourth-order valence-electron chi connectivity index (χ4n) is 6.55. The zero-order chi connectivity index (χ0) is 32.2. The summed E-state index contributed by atoms with van der Waals surface area (Å²) in [4.78, 5) is 34.7. The van der Waals surface area contributed by atoms with E-state index in [4.69, 9.17) is 9.47 Å². The van der Waals surface area contributed by atoms with Crippen LogP contribution in [-0.4, -0.2) is 93.2 Å². The number of ether oxygens (including phenoxy) is 2. The van der Waals surface area contributed by atoms with Crippen molar-refractivity contribution < 1.29 is 29.3 Å². The highest BCUT2D eigenvalue weighted by Gasteiger charge is 2.37. The number of hydrogen-bond acceptors (Lipinski definition) is 8. The lowest BCUT2D eigenvalue weighted by molar-refractivity contribution is -0.151. The van der Waals surface area contributed by atoms with E-state index in [-0.39, 0.29) is 25.2 Å². The summed E-state index contributed by atoms with van der Waals surface area (Å²) in [7, 11) is 0. The largest absolute Gasteiger partial charge is 0.457 e. The molecule has 1 aromatic rings. The lowest BCUT2D eigenvalue weighted by Crippen LogP contribution is -2.53. The van der Waals surface area contributed by atoms with Gasteiger partial charge < -0.3 is 24.6 Å². The van der Waals surface area contributed by atoms with Crippen LogP contribution in [0.4, 0.5) is 4.79 Å². The first-order valence-electron chi connectivity index (χ1n) is 16.8. The molecule has 2 fully saturated rings. The van der Waals surface area contributed by atoms with E-state index in [0.717, 1.165) is 24.4 Å². The lowest BCUT2D eigenvalue weighted by atomic mass is 9.89. The van der Waals surface area contributed by atoms with Gasteiger partial charge in [0.15, 0.2) is 6.10 Å². The summed E-state index contributed by atoms with van der Waals surface area (Å²) in [5.41, 5.74) is 0.347. The molecule has 0 radical (unpaired) electrons. The summed E-state index contributed by atoms with van der Waals surface area (Å²) < 4.78 is 11.8. The standard InChI is InChI=1S/C36H53N3O6/c1-27(12-8-9-13-29-14-10-11-21-37-29)34-28(2)17-18-32(36(3,43)20-19-31(40)26-33(41)45-34)44-35(42)39-24-22-38(23-25-39)30-15-6-4-5-7-16-30/h8-12,14,17-18,21,28,30-32,34,40,43H,4-7,13,15-16,19-20,22-26H2,1-3H3/b9-8+,18-17-,27-12+/t28-,31+,32+,34+,36+/m0/s1. The highest BCUT2D eigenvalue weighted by molar-refractivity contribution is 5.70. The normalized spacial score (nSPS) is 31.0. The quantitative estimate of drug-likeness (QED) is 0.188. The van der Waals surface area contributed by atoms with Crippen LogP contribution in [0.2, 0.25) is 0 Å². The summed E-state index contributed by atoms with van der Waals surface area (Å²) in [5, 5.41) is 22.1. The summed E-state index contributed by atoms with van der Waals surface area (Å²) in [5.74, 6) is -0.782. The van der Waals surface area contributed by atoms with E-state index in [2.05, 4.69) is 9.88 Å². The second-order valence-corrected chi connectivity index (χ2v) is 13.2. The second-order valence-electron chi connectivity index (χ2n) is 13.2. The van der Waals surface area contributed by atoms with Gasteiger partial charge >= 0.3 is 12.1 Å². The predicted octanol–water partition coefficient (Wildman–Crippen LogP) is 5.37. The molecule has 0 spiro atoms. The SMILES string of the molecule is C/C(=C\C=C\Cc1ccccn1)[C@H]1OC(=O)C[C@H](O)CC[C@@](C)(O)[C@H](OC(=O)N2CCN(C3CCCCCC3)CC2)/C=C\[C@@H]1C. The topological polar surface area (TPSA) is 112 Å². The second kappa shape index (κ2) is 17.1. The number of piperazine rings is 1. The van der Waals surface area contributed by atoms with Gasteiger partial charge in [0, 0.05) is 56.5 Å². The predicted molar refractivity (Wildman–Crippen MR) is 174 cm³/mol. The highest BCUT2D eigenvalue weighted by Crippen LogP contribution is 2.28. The first-order chi connectivity index (χ1) is 21.6. The van der Waals surface area contributed by atoms with Gasteiger partial charge in [-0.3, -0.25) is 14.7 Å². The van der Waals surface area contributed by atoms with Gasteiger partial charge in [-0.1, -0.05) is 63.0 Å². The maximum Gasteiger partial charge on any atom is 0.410 e. The molecule has 3 heterocycles. The van der Waals surface area contributed by atoms with Crippen molar-refractivity contribution in [1.29, 1.82) is 0 Å². The molecule has 5 atom stereocenters. The Hall–Kier alpha value is -3.01. The Morgan fingerprint density at radius 3 is 2.53 bits per heavy atom. The number of carbonyl (C=O) groups is 2. The lowest BCUT2D eigenvalue weighted by Gasteiger charge is -2.40. The molecule has 0 aromatic carbocycles. The van der Waals surface area contributed by atoms with Crippen molar-refractivity contribution >= 4 is 12.1 Å². The molecule has 4 rings (SSSR count). The van der Waals surface area contributed by atoms with Crippen LogP contribution >= 0.6 is 0 Å². The van der Waals surface area contributed by atoms with E-state index in [0.29, 0.717) is 25.6 Å². The van der Waals surface area contributed by atoms with Crippen molar-refractivity contribution in [3.63, 3.8) is 0 Å². The average Bonchev–Trinajstić information content (AvgIpc) is 3.32. The number of carbonyl (C=O) groups excluding carboxylic acids is 2. The van der Waals surface area contributed by atoms with Gasteiger partial charge in [0.2, 0.25) is 0 Å². The molecule has 0 unspecified atom stereocenters. The van der Waals surface area contributed by atoms with Crippen LogP contribution in [0.15, 0.2) is 60.3 Å². The molecule has 1 amide bonds. The molecule has 3 aliphatic rings. The number of aliphatic hydroxyl groups is 2. The van der Waals surface area contributed by atoms with E-state index in [1.165, 1.54) is 38.5 Å². The number of nitrogens with zero attached hydrogens (tertiary/aromatic N) is 3. The molecule has 45 heavy (non-hydrogen) atoms. The summed E-state index contributed by atoms with van der Waals surface area (Å²) >= 11 is 0. The van der Waals surface area contributed by atoms with E-state index in [1.54, 1.807) is 24.1 Å². The van der Waals surface area contributed by atoms with E-state index >= 15 is 0 Å². The minimum absolute atomic E-state index is 0.150. The van der Waals surface area contributed by atoms with Gasteiger partial charge in [0.25, 0.3) is 0 Å². The average molecular weight is 624 g/mol. The van der Waals surface area contributed by atoms with Gasteiger partial charge in [-0.05, 0) is 63.3 Å². The maximum absolute atomic E-state index is 13.4. The van der Waals surface area contributed by atoms with Crippen molar-refractivity contribution in [2.45, 2.75) is 115 Å². The molecule has 1 saturated heterocycles. The number of allylic oxidation sites excluding steroid dienone is 3. The minimum atomic E-state index is -1.44. The molecule has 2 N–H and O–H groups in total. The number of amides is 1. The van der Waals surface area contributed by atoms with Gasteiger partial charge in [-0.25, -0.2) is 4.79 Å². The Balaban J connectivity index is 1.44. The number of aromatic nitrogens is 1. The molecule has 0 bridgehead atoms. The Bertz CT molecular complexity index is 1170. The van der Waals surface area contributed by atoms with Crippen molar-refractivity contribution in [3.05, 3.63) is 66.0 Å². The zero-order valence-electron chi connectivity index (χ0n) is 27.4. The number of pyridine rings is 1. The summed E-state index contributed by atoms with van der Waals surface area (Å²) in [6, 6.07) is 6.39. The molecule has 2 aliphatic heterocycles. The summed E-state index contributed by atoms with van der Waals surface area (Å²) in [6.07, 6.45) is 16.7. The van der Waals surface area contributed by atoms with Crippen LogP contribution in [0.1, 0.15) is 84.3 Å². The van der Waals surface area contributed by atoms with Crippen molar-refractivity contribution in [2.24, 2.45) is 5.92 Å². The molecule has 1 saturated carbocycles. The molecular weight excluding hydrogens is 570 g/mol. The Morgan fingerprint density at radius 2 is 1.84 bits per heavy atom. The van der Waals surface area contributed by atoms with Crippen LogP contribution < -0.4 is 0 Å². The highest BCUT2D eigenvalue weighted by atomic mass is 16.6. The molecular formula is C36H53N3O6. The van der Waals surface area contributed by atoms with E-state index < -0.39 is 36.0 Å². The van der Waals surface area contributed by atoms with E-state index in [1.807, 2.05) is 56.4 Å². The van der Waals surface area contributed by atoms with Crippen LogP contribution in [0.25, 0.3) is 0 Å². The Labute approximate surface area is 269 Å². The van der Waals surface area contributed by atoms with Crippen LogP contribution in [-0.2, 0) is 20.7 Å². The van der Waals surface area contributed by atoms with Crippen molar-refractivity contribution in [2.75, 3.05) is 26.2 Å². The number of aliphatic hydroxyl groups excluding tert-OH is 1. The first kappa shape index (κ1) is 34.9. The first-order valence-corrected chi connectivity index (χ1v) is 16.8. The maximum atomic E-state index is 13.4. The molecule has 9 heteroatoms. The van der Waals surface area contributed by atoms with Gasteiger partial charge in [0.05, 0.1) is 12.5 Å². The molecule has 9 nitrogen and oxygen atoms in total.